The fourth-order valence-electron chi connectivity index (χ4n) is 1.95. The number of hydrogen-bond acceptors (Lipinski definition) is 3. The monoisotopic (exact) mass is 250 g/mol. The van der Waals surface area contributed by atoms with E-state index in [-0.39, 0.29) is 6.10 Å². The van der Waals surface area contributed by atoms with Crippen molar-refractivity contribution >= 4 is 5.97 Å². The van der Waals surface area contributed by atoms with E-state index in [1.807, 2.05) is 0 Å². The molecular weight excluding hydrogens is 232 g/mol. The number of carboxylic acids is 1. The van der Waals surface area contributed by atoms with Crippen LogP contribution in [0.5, 0.6) is 11.5 Å². The Bertz CT molecular complexity index is 437. The summed E-state index contributed by atoms with van der Waals surface area (Å²) >= 11 is 0. The molecule has 1 aliphatic carbocycles. The summed E-state index contributed by atoms with van der Waals surface area (Å²) in [5.41, 5.74) is 0.675. The first-order valence-electron chi connectivity index (χ1n) is 6.20. The third-order valence-electron chi connectivity index (χ3n) is 3.40. The van der Waals surface area contributed by atoms with Crippen molar-refractivity contribution in [2.45, 2.75) is 38.2 Å². The molecule has 1 N–H and O–H groups in total. The number of ether oxygens (including phenoxy) is 2. The van der Waals surface area contributed by atoms with Crippen LogP contribution >= 0.6 is 0 Å². The molecule has 0 radical (unpaired) electrons. The van der Waals surface area contributed by atoms with Crippen LogP contribution in [0.4, 0.5) is 0 Å². The van der Waals surface area contributed by atoms with E-state index in [2.05, 4.69) is 0 Å². The third-order valence-corrected chi connectivity index (χ3v) is 3.40. The van der Waals surface area contributed by atoms with E-state index in [9.17, 15) is 4.79 Å². The quantitative estimate of drug-likeness (QED) is 0.873. The fraction of sp³-hybridized carbons (Fsp3) is 0.500. The van der Waals surface area contributed by atoms with E-state index < -0.39 is 11.9 Å². The molecule has 18 heavy (non-hydrogen) atoms. The standard InChI is InChI=1S/C14H18O4/c1-9(14(15)16)11-7-4-8-12(17-2)13(11)18-10-5-3-6-10/h4,7-10H,3,5-6H2,1-2H3,(H,15,16). The lowest BCUT2D eigenvalue weighted by molar-refractivity contribution is -0.138. The highest BCUT2D eigenvalue weighted by atomic mass is 16.5. The number of para-hydroxylation sites is 1. The van der Waals surface area contributed by atoms with Crippen molar-refractivity contribution in [1.82, 2.24) is 0 Å². The topological polar surface area (TPSA) is 55.8 Å². The maximum Gasteiger partial charge on any atom is 0.310 e. The summed E-state index contributed by atoms with van der Waals surface area (Å²) in [6.07, 6.45) is 3.42. The molecule has 2 rings (SSSR count). The molecule has 1 saturated carbocycles. The van der Waals surface area contributed by atoms with E-state index in [4.69, 9.17) is 14.6 Å². The lowest BCUT2D eigenvalue weighted by atomic mass is 9.95. The van der Waals surface area contributed by atoms with Crippen LogP contribution < -0.4 is 9.47 Å². The number of hydrogen-bond donors (Lipinski definition) is 1. The van der Waals surface area contributed by atoms with E-state index in [0.29, 0.717) is 17.1 Å². The molecule has 1 unspecified atom stereocenters. The molecule has 0 bridgehead atoms. The second-order valence-electron chi connectivity index (χ2n) is 4.61. The van der Waals surface area contributed by atoms with E-state index in [1.54, 1.807) is 32.2 Å². The Morgan fingerprint density at radius 2 is 2.17 bits per heavy atom. The predicted molar refractivity (Wildman–Crippen MR) is 67.3 cm³/mol. The van der Waals surface area contributed by atoms with Crippen LogP contribution in [0, 0.1) is 0 Å². The lowest BCUT2D eigenvalue weighted by Gasteiger charge is -2.29. The predicted octanol–water partition coefficient (Wildman–Crippen LogP) is 2.81. The van der Waals surface area contributed by atoms with Gasteiger partial charge in [0.05, 0.1) is 19.1 Å². The number of methoxy groups -OCH3 is 1. The van der Waals surface area contributed by atoms with Crippen LogP contribution in [0.3, 0.4) is 0 Å². The fourth-order valence-corrected chi connectivity index (χ4v) is 1.95. The van der Waals surface area contributed by atoms with Gasteiger partial charge in [0.25, 0.3) is 0 Å². The molecule has 0 aliphatic heterocycles. The zero-order valence-corrected chi connectivity index (χ0v) is 10.7. The van der Waals surface area contributed by atoms with Gasteiger partial charge in [0.1, 0.15) is 0 Å². The maximum atomic E-state index is 11.1. The Hall–Kier alpha value is -1.71. The van der Waals surface area contributed by atoms with Crippen molar-refractivity contribution in [3.05, 3.63) is 23.8 Å². The SMILES string of the molecule is COc1cccc(C(C)C(=O)O)c1OC1CCC1. The minimum absolute atomic E-state index is 0.195. The summed E-state index contributed by atoms with van der Waals surface area (Å²) < 4.78 is 11.2. The number of carboxylic acid groups (broad SMARTS) is 1. The zero-order valence-electron chi connectivity index (χ0n) is 10.7. The smallest absolute Gasteiger partial charge is 0.310 e. The summed E-state index contributed by atoms with van der Waals surface area (Å²) in [5.74, 6) is -0.274. The first-order valence-corrected chi connectivity index (χ1v) is 6.20. The van der Waals surface area contributed by atoms with Gasteiger partial charge in [0.15, 0.2) is 11.5 Å². The van der Waals surface area contributed by atoms with Gasteiger partial charge in [-0.2, -0.15) is 0 Å². The van der Waals surface area contributed by atoms with Gasteiger partial charge < -0.3 is 14.6 Å². The summed E-state index contributed by atoms with van der Waals surface area (Å²) in [5, 5.41) is 9.13. The first kappa shape index (κ1) is 12.7. The molecule has 1 aromatic carbocycles. The maximum absolute atomic E-state index is 11.1. The van der Waals surface area contributed by atoms with Gasteiger partial charge in [-0.15, -0.1) is 0 Å². The molecule has 0 aromatic heterocycles. The van der Waals surface area contributed by atoms with Gasteiger partial charge in [-0.05, 0) is 32.3 Å². The average molecular weight is 250 g/mol. The van der Waals surface area contributed by atoms with Crippen LogP contribution in [0.15, 0.2) is 18.2 Å². The molecule has 4 heteroatoms. The Morgan fingerprint density at radius 1 is 1.44 bits per heavy atom. The van der Waals surface area contributed by atoms with E-state index >= 15 is 0 Å². The highest BCUT2D eigenvalue weighted by Crippen LogP contribution is 2.38. The number of carbonyl (C=O) groups is 1. The van der Waals surface area contributed by atoms with Crippen molar-refractivity contribution < 1.29 is 19.4 Å². The molecule has 4 nitrogen and oxygen atoms in total. The Kier molecular flexibility index (Phi) is 3.75. The summed E-state index contributed by atoms with van der Waals surface area (Å²) in [6, 6.07) is 5.38. The molecular formula is C14H18O4. The minimum atomic E-state index is -0.860. The van der Waals surface area contributed by atoms with Crippen molar-refractivity contribution in [3.8, 4) is 11.5 Å². The number of benzene rings is 1. The van der Waals surface area contributed by atoms with Crippen LogP contribution in [-0.2, 0) is 4.79 Å². The summed E-state index contributed by atoms with van der Waals surface area (Å²) in [4.78, 5) is 11.1. The largest absolute Gasteiger partial charge is 0.493 e. The molecule has 0 amide bonds. The molecule has 1 aliphatic rings. The summed E-state index contributed by atoms with van der Waals surface area (Å²) in [7, 11) is 1.57. The van der Waals surface area contributed by atoms with Crippen LogP contribution in [-0.4, -0.2) is 24.3 Å². The van der Waals surface area contributed by atoms with Gasteiger partial charge in [-0.3, -0.25) is 4.79 Å². The second kappa shape index (κ2) is 5.29. The summed E-state index contributed by atoms with van der Waals surface area (Å²) in [6.45, 7) is 1.66. The lowest BCUT2D eigenvalue weighted by Crippen LogP contribution is -2.25. The second-order valence-corrected chi connectivity index (χ2v) is 4.61. The van der Waals surface area contributed by atoms with Crippen molar-refractivity contribution in [3.63, 3.8) is 0 Å². The Morgan fingerprint density at radius 3 is 2.67 bits per heavy atom. The van der Waals surface area contributed by atoms with Gasteiger partial charge in [-0.25, -0.2) is 0 Å². The van der Waals surface area contributed by atoms with Crippen molar-refractivity contribution in [2.24, 2.45) is 0 Å². The van der Waals surface area contributed by atoms with Crippen molar-refractivity contribution in [1.29, 1.82) is 0 Å². The van der Waals surface area contributed by atoms with Crippen LogP contribution in [0.1, 0.15) is 37.7 Å². The van der Waals surface area contributed by atoms with Gasteiger partial charge >= 0.3 is 5.97 Å². The number of aliphatic carboxylic acids is 1. The highest BCUT2D eigenvalue weighted by molar-refractivity contribution is 5.77. The molecule has 1 aromatic rings. The Balaban J connectivity index is 2.33. The molecule has 0 saturated heterocycles. The minimum Gasteiger partial charge on any atom is -0.493 e. The molecule has 98 valence electrons. The zero-order chi connectivity index (χ0) is 13.1. The van der Waals surface area contributed by atoms with Gasteiger partial charge in [0, 0.05) is 5.56 Å². The van der Waals surface area contributed by atoms with Gasteiger partial charge in [-0.1, -0.05) is 12.1 Å². The Labute approximate surface area is 107 Å². The highest BCUT2D eigenvalue weighted by Gasteiger charge is 2.26. The average Bonchev–Trinajstić information content (AvgIpc) is 2.32. The first-order chi connectivity index (χ1) is 8.63. The van der Waals surface area contributed by atoms with E-state index in [1.165, 1.54) is 6.42 Å². The molecule has 1 fully saturated rings. The molecule has 0 heterocycles. The van der Waals surface area contributed by atoms with Crippen molar-refractivity contribution in [2.75, 3.05) is 7.11 Å². The van der Waals surface area contributed by atoms with E-state index in [0.717, 1.165) is 12.8 Å². The normalized spacial score (nSPS) is 16.8. The molecule has 1 atom stereocenters. The van der Waals surface area contributed by atoms with Gasteiger partial charge in [0.2, 0.25) is 0 Å². The number of rotatable bonds is 5. The third kappa shape index (κ3) is 2.42. The molecule has 0 spiro atoms. The van der Waals surface area contributed by atoms with Crippen LogP contribution in [0.25, 0.3) is 0 Å². The van der Waals surface area contributed by atoms with Crippen LogP contribution in [0.2, 0.25) is 0 Å².